The van der Waals surface area contributed by atoms with Crippen LogP contribution in [0.5, 0.6) is 11.5 Å². The molecule has 0 atom stereocenters. The molecule has 24 heavy (non-hydrogen) atoms. The van der Waals surface area contributed by atoms with Crippen molar-refractivity contribution < 1.29 is 23.0 Å². The number of carbonyl (C=O) groups excluding carboxylic acids is 1. The van der Waals surface area contributed by atoms with Crippen LogP contribution in [-0.4, -0.2) is 22.4 Å². The van der Waals surface area contributed by atoms with E-state index in [-0.39, 0.29) is 28.3 Å². The van der Waals surface area contributed by atoms with Gasteiger partial charge < -0.3 is 20.9 Å². The standard InChI is InChI=1S/C15H10F2N4O3/c16-15(17)23-10-4-7(14(19)22)12(18)11(13(10)24-15)6-2-1-3-9-8(6)5-20-21-9/h1-5H,18H2,(H2,19,22)(H,20,21). The molecule has 1 amide bonds. The number of nitrogens with zero attached hydrogens (tertiary/aromatic N) is 1. The predicted molar refractivity (Wildman–Crippen MR) is 80.7 cm³/mol. The molecule has 122 valence electrons. The number of H-pyrrole nitrogens is 1. The summed E-state index contributed by atoms with van der Waals surface area (Å²) in [6.07, 6.45) is -2.34. The Balaban J connectivity index is 2.09. The molecule has 2 aromatic carbocycles. The minimum Gasteiger partial charge on any atom is -0.397 e. The Hall–Kier alpha value is -3.36. The van der Waals surface area contributed by atoms with Crippen LogP contribution in [0.4, 0.5) is 14.5 Å². The van der Waals surface area contributed by atoms with Crippen LogP contribution < -0.4 is 20.9 Å². The van der Waals surface area contributed by atoms with E-state index in [1.54, 1.807) is 18.2 Å². The summed E-state index contributed by atoms with van der Waals surface area (Å²) < 4.78 is 36.1. The monoisotopic (exact) mass is 332 g/mol. The van der Waals surface area contributed by atoms with Crippen molar-refractivity contribution >= 4 is 22.5 Å². The lowest BCUT2D eigenvalue weighted by Crippen LogP contribution is -2.26. The fraction of sp³-hybridized carbons (Fsp3) is 0.0667. The van der Waals surface area contributed by atoms with Gasteiger partial charge in [-0.2, -0.15) is 5.10 Å². The summed E-state index contributed by atoms with van der Waals surface area (Å²) in [5, 5.41) is 7.30. The first-order valence-electron chi connectivity index (χ1n) is 6.82. The summed E-state index contributed by atoms with van der Waals surface area (Å²) in [5.41, 5.74) is 12.3. The van der Waals surface area contributed by atoms with E-state index in [4.69, 9.17) is 11.5 Å². The summed E-state index contributed by atoms with van der Waals surface area (Å²) >= 11 is 0. The molecule has 5 N–H and O–H groups in total. The Morgan fingerprint density at radius 1 is 1.29 bits per heavy atom. The number of amides is 1. The van der Waals surface area contributed by atoms with Crippen LogP contribution in [-0.2, 0) is 0 Å². The summed E-state index contributed by atoms with van der Waals surface area (Å²) in [5.74, 6) is -1.43. The molecule has 0 unspecified atom stereocenters. The Morgan fingerprint density at radius 2 is 2.08 bits per heavy atom. The van der Waals surface area contributed by atoms with Gasteiger partial charge in [0.15, 0.2) is 11.5 Å². The molecule has 0 radical (unpaired) electrons. The molecule has 0 saturated carbocycles. The van der Waals surface area contributed by atoms with Gasteiger partial charge in [-0.3, -0.25) is 9.89 Å². The summed E-state index contributed by atoms with van der Waals surface area (Å²) in [7, 11) is 0. The predicted octanol–water partition coefficient (Wildman–Crippen LogP) is 2.23. The molecule has 7 nitrogen and oxygen atoms in total. The van der Waals surface area contributed by atoms with Crippen LogP contribution in [0.1, 0.15) is 10.4 Å². The third-order valence-electron chi connectivity index (χ3n) is 3.76. The zero-order valence-corrected chi connectivity index (χ0v) is 12.0. The molecule has 9 heteroatoms. The fourth-order valence-electron chi connectivity index (χ4n) is 2.76. The van der Waals surface area contributed by atoms with Gasteiger partial charge in [0.05, 0.1) is 28.5 Å². The number of hydrogen-bond donors (Lipinski definition) is 3. The van der Waals surface area contributed by atoms with Crippen molar-refractivity contribution in [3.05, 3.63) is 36.0 Å². The fourth-order valence-corrected chi connectivity index (χ4v) is 2.76. The highest BCUT2D eigenvalue weighted by Crippen LogP contribution is 2.51. The molecule has 4 rings (SSSR count). The van der Waals surface area contributed by atoms with Gasteiger partial charge in [0.2, 0.25) is 0 Å². The molecule has 0 bridgehead atoms. The quantitative estimate of drug-likeness (QED) is 0.622. The number of alkyl halides is 2. The van der Waals surface area contributed by atoms with Crippen molar-refractivity contribution in [3.63, 3.8) is 0 Å². The van der Waals surface area contributed by atoms with Gasteiger partial charge in [-0.25, -0.2) is 0 Å². The number of benzene rings is 2. The lowest BCUT2D eigenvalue weighted by Gasteiger charge is -2.13. The normalized spacial score (nSPS) is 14.9. The van der Waals surface area contributed by atoms with E-state index in [1.807, 2.05) is 0 Å². The number of nitrogens with one attached hydrogen (secondary N) is 1. The molecule has 0 saturated heterocycles. The average Bonchev–Trinajstić information content (AvgIpc) is 3.09. The first kappa shape index (κ1) is 14.2. The van der Waals surface area contributed by atoms with Crippen molar-refractivity contribution in [2.75, 3.05) is 5.73 Å². The van der Waals surface area contributed by atoms with Gasteiger partial charge in [0, 0.05) is 5.39 Å². The Kier molecular flexibility index (Phi) is 2.71. The maximum Gasteiger partial charge on any atom is 0.586 e. The maximum atomic E-state index is 13.5. The van der Waals surface area contributed by atoms with Gasteiger partial charge in [-0.05, 0) is 17.7 Å². The van der Waals surface area contributed by atoms with E-state index in [1.165, 1.54) is 6.20 Å². The second-order valence-corrected chi connectivity index (χ2v) is 5.21. The Labute approximate surface area is 133 Å². The molecule has 1 aromatic heterocycles. The molecular formula is C15H10F2N4O3. The minimum absolute atomic E-state index is 0.0729. The molecule has 1 aliphatic heterocycles. The number of aromatic nitrogens is 2. The number of aromatic amines is 1. The van der Waals surface area contributed by atoms with Gasteiger partial charge in [-0.15, -0.1) is 8.78 Å². The topological polar surface area (TPSA) is 116 Å². The summed E-state index contributed by atoms with van der Waals surface area (Å²) in [4.78, 5) is 11.6. The number of rotatable bonds is 2. The minimum atomic E-state index is -3.86. The largest absolute Gasteiger partial charge is 0.586 e. The van der Waals surface area contributed by atoms with Crippen LogP contribution in [0, 0.1) is 0 Å². The van der Waals surface area contributed by atoms with E-state index >= 15 is 0 Å². The molecule has 2 heterocycles. The second-order valence-electron chi connectivity index (χ2n) is 5.21. The van der Waals surface area contributed by atoms with Gasteiger partial charge in [0.25, 0.3) is 5.91 Å². The third-order valence-corrected chi connectivity index (χ3v) is 3.76. The van der Waals surface area contributed by atoms with E-state index < -0.39 is 12.2 Å². The van der Waals surface area contributed by atoms with Gasteiger partial charge in [-0.1, -0.05) is 12.1 Å². The highest BCUT2D eigenvalue weighted by atomic mass is 19.3. The third kappa shape index (κ3) is 1.94. The van der Waals surface area contributed by atoms with E-state index in [0.29, 0.717) is 16.5 Å². The molecule has 3 aromatic rings. The SMILES string of the molecule is NC(=O)c1cc2c(c(-c3cccc4[nH]ncc34)c1N)OC(F)(F)O2. The number of hydrogen-bond acceptors (Lipinski definition) is 5. The number of halogens is 2. The van der Waals surface area contributed by atoms with Gasteiger partial charge >= 0.3 is 6.29 Å². The second kappa shape index (κ2) is 4.57. The first-order valence-corrected chi connectivity index (χ1v) is 6.82. The van der Waals surface area contributed by atoms with E-state index in [2.05, 4.69) is 19.7 Å². The average molecular weight is 332 g/mol. The molecular weight excluding hydrogens is 322 g/mol. The number of fused-ring (bicyclic) bond motifs is 2. The number of ether oxygens (including phenoxy) is 2. The number of carbonyl (C=O) groups is 1. The molecule has 0 aliphatic carbocycles. The van der Waals surface area contributed by atoms with E-state index in [0.717, 1.165) is 6.07 Å². The lowest BCUT2D eigenvalue weighted by molar-refractivity contribution is -0.286. The highest BCUT2D eigenvalue weighted by molar-refractivity contribution is 6.07. The summed E-state index contributed by atoms with van der Waals surface area (Å²) in [6, 6.07) is 6.14. The van der Waals surface area contributed by atoms with Crippen LogP contribution in [0.15, 0.2) is 30.5 Å². The van der Waals surface area contributed by atoms with Crippen molar-refractivity contribution in [1.29, 1.82) is 0 Å². The number of primary amides is 1. The zero-order chi connectivity index (χ0) is 17.1. The van der Waals surface area contributed by atoms with Crippen molar-refractivity contribution in [2.45, 2.75) is 6.29 Å². The van der Waals surface area contributed by atoms with Crippen molar-refractivity contribution in [3.8, 4) is 22.6 Å². The van der Waals surface area contributed by atoms with E-state index in [9.17, 15) is 13.6 Å². The first-order chi connectivity index (χ1) is 11.4. The van der Waals surface area contributed by atoms with Crippen LogP contribution in [0.25, 0.3) is 22.0 Å². The van der Waals surface area contributed by atoms with Crippen LogP contribution in [0.2, 0.25) is 0 Å². The smallest absolute Gasteiger partial charge is 0.397 e. The number of nitrogen functional groups attached to an aromatic ring is 1. The Morgan fingerprint density at radius 3 is 2.83 bits per heavy atom. The van der Waals surface area contributed by atoms with Crippen LogP contribution >= 0.6 is 0 Å². The highest BCUT2D eigenvalue weighted by Gasteiger charge is 2.46. The molecule has 0 spiro atoms. The number of nitrogens with two attached hydrogens (primary N) is 2. The molecule has 1 aliphatic rings. The summed E-state index contributed by atoms with van der Waals surface area (Å²) in [6.45, 7) is 0. The van der Waals surface area contributed by atoms with Crippen molar-refractivity contribution in [1.82, 2.24) is 10.2 Å². The van der Waals surface area contributed by atoms with Crippen molar-refractivity contribution in [2.24, 2.45) is 5.73 Å². The maximum absolute atomic E-state index is 13.5. The Bertz CT molecular complexity index is 1000. The van der Waals surface area contributed by atoms with Crippen LogP contribution in [0.3, 0.4) is 0 Å². The lowest BCUT2D eigenvalue weighted by atomic mass is 9.96. The zero-order valence-electron chi connectivity index (χ0n) is 12.0. The van der Waals surface area contributed by atoms with Gasteiger partial charge in [0.1, 0.15) is 0 Å². The number of anilines is 1. The molecule has 0 fully saturated rings.